The van der Waals surface area contributed by atoms with Gasteiger partial charge < -0.3 is 19.6 Å². The maximum Gasteiger partial charge on any atom is 0.260 e. The number of nitrogens with zero attached hydrogens (tertiary/aromatic N) is 1. The fourth-order valence-electron chi connectivity index (χ4n) is 3.16. The van der Waals surface area contributed by atoms with Crippen LogP contribution in [0.2, 0.25) is 5.02 Å². The van der Waals surface area contributed by atoms with E-state index in [2.05, 4.69) is 10.5 Å². The molecule has 3 rings (SSSR count). The zero-order chi connectivity index (χ0) is 20.5. The lowest BCUT2D eigenvalue weighted by Gasteiger charge is -2.11. The number of ether oxygens (including phenoxy) is 2. The zero-order valence-corrected chi connectivity index (χ0v) is 17.2. The predicted octanol–water partition coefficient (Wildman–Crippen LogP) is 4.34. The number of hydrogen-bond acceptors (Lipinski definition) is 5. The molecule has 154 valence electrons. The lowest BCUT2D eigenvalue weighted by atomic mass is 10.2. The minimum atomic E-state index is -0.141. The summed E-state index contributed by atoms with van der Waals surface area (Å²) in [6, 6.07) is 13.2. The summed E-state index contributed by atoms with van der Waals surface area (Å²) >= 11 is 5.90. The smallest absolute Gasteiger partial charge is 0.260 e. The molecule has 0 saturated heterocycles. The molecule has 0 heterocycles. The minimum Gasteiger partial charge on any atom is -0.493 e. The Hall–Kier alpha value is -2.73. The third kappa shape index (κ3) is 6.68. The first-order valence-electron chi connectivity index (χ1n) is 9.64. The van der Waals surface area contributed by atoms with Crippen LogP contribution in [0.1, 0.15) is 36.8 Å². The standard InChI is InChI=1S/C22H25ClN2O4/c1-27-21-12-17(13-24-29-15-22(26)25-19-4-2-3-5-19)8-11-20(21)28-14-16-6-9-18(23)10-7-16/h6-13,19H,2-5,14-15H2,1H3,(H,25,26)/b24-13-. The Kier molecular flexibility index (Phi) is 7.76. The summed E-state index contributed by atoms with van der Waals surface area (Å²) in [4.78, 5) is 16.9. The van der Waals surface area contributed by atoms with Gasteiger partial charge in [0, 0.05) is 16.6 Å². The molecule has 0 unspecified atom stereocenters. The summed E-state index contributed by atoms with van der Waals surface area (Å²) in [6.45, 7) is 0.312. The van der Waals surface area contributed by atoms with Crippen molar-refractivity contribution in [3.8, 4) is 11.5 Å². The van der Waals surface area contributed by atoms with E-state index in [1.807, 2.05) is 36.4 Å². The highest BCUT2D eigenvalue weighted by atomic mass is 35.5. The number of benzene rings is 2. The number of halogens is 1. The third-order valence-corrected chi connectivity index (χ3v) is 4.94. The van der Waals surface area contributed by atoms with Gasteiger partial charge in [-0.1, -0.05) is 41.7 Å². The number of nitrogens with one attached hydrogen (secondary N) is 1. The van der Waals surface area contributed by atoms with Crippen LogP contribution < -0.4 is 14.8 Å². The van der Waals surface area contributed by atoms with Crippen LogP contribution in [0.5, 0.6) is 11.5 Å². The molecule has 2 aromatic carbocycles. The highest BCUT2D eigenvalue weighted by molar-refractivity contribution is 6.30. The van der Waals surface area contributed by atoms with E-state index in [1.54, 1.807) is 13.2 Å². The van der Waals surface area contributed by atoms with Gasteiger partial charge in [0.1, 0.15) is 6.61 Å². The quantitative estimate of drug-likeness (QED) is 0.487. The summed E-state index contributed by atoms with van der Waals surface area (Å²) in [5, 5.41) is 7.51. The number of carbonyl (C=O) groups excluding carboxylic acids is 1. The molecule has 0 bridgehead atoms. The maximum absolute atomic E-state index is 11.8. The Morgan fingerprint density at radius 3 is 2.66 bits per heavy atom. The minimum absolute atomic E-state index is 0.0909. The summed E-state index contributed by atoms with van der Waals surface area (Å²) in [7, 11) is 1.58. The van der Waals surface area contributed by atoms with E-state index in [9.17, 15) is 4.79 Å². The van der Waals surface area contributed by atoms with Crippen LogP contribution in [0.4, 0.5) is 0 Å². The summed E-state index contributed by atoms with van der Waals surface area (Å²) in [5.41, 5.74) is 1.78. The van der Waals surface area contributed by atoms with Gasteiger partial charge in [0.05, 0.1) is 13.3 Å². The van der Waals surface area contributed by atoms with Crippen LogP contribution in [0.15, 0.2) is 47.6 Å². The molecule has 0 atom stereocenters. The molecule has 1 N–H and O–H groups in total. The van der Waals surface area contributed by atoms with Gasteiger partial charge in [-0.3, -0.25) is 4.79 Å². The van der Waals surface area contributed by atoms with E-state index >= 15 is 0 Å². The van der Waals surface area contributed by atoms with Crippen molar-refractivity contribution >= 4 is 23.7 Å². The second-order valence-electron chi connectivity index (χ2n) is 6.88. The van der Waals surface area contributed by atoms with Gasteiger partial charge in [-0.2, -0.15) is 0 Å². The van der Waals surface area contributed by atoms with Gasteiger partial charge in [0.15, 0.2) is 18.1 Å². The molecule has 29 heavy (non-hydrogen) atoms. The molecule has 1 aliphatic carbocycles. The van der Waals surface area contributed by atoms with Gasteiger partial charge in [-0.15, -0.1) is 0 Å². The van der Waals surface area contributed by atoms with Crippen LogP contribution >= 0.6 is 11.6 Å². The maximum atomic E-state index is 11.8. The first-order valence-corrected chi connectivity index (χ1v) is 10.0. The molecule has 1 amide bonds. The van der Waals surface area contributed by atoms with Crippen molar-refractivity contribution in [1.29, 1.82) is 0 Å². The Balaban J connectivity index is 1.49. The lowest BCUT2D eigenvalue weighted by molar-refractivity contribution is -0.126. The molecule has 0 spiro atoms. The van der Waals surface area contributed by atoms with Crippen LogP contribution in [-0.4, -0.2) is 31.9 Å². The summed E-state index contributed by atoms with van der Waals surface area (Å²) < 4.78 is 11.2. The van der Waals surface area contributed by atoms with E-state index in [0.717, 1.165) is 24.0 Å². The Bertz CT molecular complexity index is 833. The number of oxime groups is 1. The van der Waals surface area contributed by atoms with Gasteiger partial charge in [-0.05, 0) is 48.7 Å². The molecule has 2 aromatic rings. The van der Waals surface area contributed by atoms with Crippen molar-refractivity contribution in [3.63, 3.8) is 0 Å². The number of carbonyl (C=O) groups is 1. The second kappa shape index (κ2) is 10.7. The summed E-state index contributed by atoms with van der Waals surface area (Å²) in [6.07, 6.45) is 5.97. The largest absolute Gasteiger partial charge is 0.493 e. The molecule has 7 heteroatoms. The number of rotatable bonds is 9. The fraction of sp³-hybridized carbons (Fsp3) is 0.364. The molecule has 0 aromatic heterocycles. The molecular formula is C22H25ClN2O4. The number of methoxy groups -OCH3 is 1. The van der Waals surface area contributed by atoms with Gasteiger partial charge in [-0.25, -0.2) is 0 Å². The van der Waals surface area contributed by atoms with Crippen molar-refractivity contribution < 1.29 is 19.1 Å². The Morgan fingerprint density at radius 2 is 1.93 bits per heavy atom. The fourth-order valence-corrected chi connectivity index (χ4v) is 3.28. The Labute approximate surface area is 175 Å². The molecule has 1 aliphatic rings. The van der Waals surface area contributed by atoms with Crippen molar-refractivity contribution in [3.05, 3.63) is 58.6 Å². The molecule has 0 radical (unpaired) electrons. The van der Waals surface area contributed by atoms with Crippen molar-refractivity contribution in [2.24, 2.45) is 5.16 Å². The monoisotopic (exact) mass is 416 g/mol. The molecule has 6 nitrogen and oxygen atoms in total. The van der Waals surface area contributed by atoms with Crippen LogP contribution in [0, 0.1) is 0 Å². The highest BCUT2D eigenvalue weighted by Gasteiger charge is 2.17. The molecular weight excluding hydrogens is 392 g/mol. The zero-order valence-electron chi connectivity index (χ0n) is 16.4. The van der Waals surface area contributed by atoms with E-state index in [0.29, 0.717) is 23.1 Å². The van der Waals surface area contributed by atoms with Crippen molar-refractivity contribution in [2.45, 2.75) is 38.3 Å². The molecule has 0 aliphatic heterocycles. The number of amides is 1. The topological polar surface area (TPSA) is 69.2 Å². The van der Waals surface area contributed by atoms with Crippen molar-refractivity contribution in [1.82, 2.24) is 5.32 Å². The van der Waals surface area contributed by atoms with E-state index in [4.69, 9.17) is 25.9 Å². The van der Waals surface area contributed by atoms with Crippen molar-refractivity contribution in [2.75, 3.05) is 13.7 Å². The third-order valence-electron chi connectivity index (χ3n) is 4.69. The summed E-state index contributed by atoms with van der Waals surface area (Å²) in [5.74, 6) is 1.07. The first kappa shape index (κ1) is 21.0. The van der Waals surface area contributed by atoms with Crippen LogP contribution in [0.3, 0.4) is 0 Å². The average molecular weight is 417 g/mol. The van der Waals surface area contributed by atoms with Gasteiger partial charge in [0.25, 0.3) is 5.91 Å². The van der Waals surface area contributed by atoms with Gasteiger partial charge >= 0.3 is 0 Å². The first-order chi connectivity index (χ1) is 14.1. The lowest BCUT2D eigenvalue weighted by Crippen LogP contribution is -2.34. The Morgan fingerprint density at radius 1 is 1.17 bits per heavy atom. The van der Waals surface area contributed by atoms with Crippen LogP contribution in [-0.2, 0) is 16.2 Å². The van der Waals surface area contributed by atoms with E-state index in [-0.39, 0.29) is 18.6 Å². The molecule has 1 fully saturated rings. The van der Waals surface area contributed by atoms with E-state index in [1.165, 1.54) is 19.1 Å². The van der Waals surface area contributed by atoms with Crippen LogP contribution in [0.25, 0.3) is 0 Å². The highest BCUT2D eigenvalue weighted by Crippen LogP contribution is 2.28. The number of hydrogen-bond donors (Lipinski definition) is 1. The normalized spacial score (nSPS) is 14.1. The van der Waals surface area contributed by atoms with E-state index < -0.39 is 0 Å². The predicted molar refractivity (Wildman–Crippen MR) is 113 cm³/mol. The second-order valence-corrected chi connectivity index (χ2v) is 7.32. The average Bonchev–Trinajstić information content (AvgIpc) is 3.24. The molecule has 1 saturated carbocycles. The van der Waals surface area contributed by atoms with Gasteiger partial charge in [0.2, 0.25) is 0 Å². The SMILES string of the molecule is COc1cc(/C=N\OCC(=O)NC2CCCC2)ccc1OCc1ccc(Cl)cc1.